The minimum atomic E-state index is -0.493. The molecule has 0 bridgehead atoms. The van der Waals surface area contributed by atoms with Gasteiger partial charge >= 0.3 is 0 Å². The molecule has 2 rings (SSSR count). The number of aliphatic hydroxyl groups is 1. The second kappa shape index (κ2) is 4.51. The van der Waals surface area contributed by atoms with Gasteiger partial charge in [0.2, 0.25) is 0 Å². The molecule has 0 aromatic carbocycles. The van der Waals surface area contributed by atoms with Crippen molar-refractivity contribution in [2.24, 2.45) is 0 Å². The number of hydrogen-bond donors (Lipinski definition) is 1. The first-order valence-electron chi connectivity index (χ1n) is 4.75. The Balaban J connectivity index is 2.11. The van der Waals surface area contributed by atoms with Crippen LogP contribution >= 0.6 is 11.3 Å². The molecule has 1 N–H and O–H groups in total. The van der Waals surface area contributed by atoms with Crippen molar-refractivity contribution < 1.29 is 5.11 Å². The summed E-state index contributed by atoms with van der Waals surface area (Å²) in [4.78, 5) is 9.23. The smallest absolute Gasteiger partial charge is 0.0956 e. The summed E-state index contributed by atoms with van der Waals surface area (Å²) in [5.74, 6) is 0. The normalized spacial score (nSPS) is 12.7. The Morgan fingerprint density at radius 2 is 2.27 bits per heavy atom. The first-order chi connectivity index (χ1) is 7.27. The summed E-state index contributed by atoms with van der Waals surface area (Å²) in [6.07, 6.45) is 1.79. The third-order valence-corrected chi connectivity index (χ3v) is 3.25. The van der Waals surface area contributed by atoms with Gasteiger partial charge in [0, 0.05) is 18.3 Å². The molecule has 0 aliphatic carbocycles. The molecule has 2 heterocycles. The number of pyridine rings is 1. The van der Waals surface area contributed by atoms with Gasteiger partial charge in [0.25, 0.3) is 0 Å². The van der Waals surface area contributed by atoms with E-state index in [0.29, 0.717) is 6.42 Å². The van der Waals surface area contributed by atoms with Crippen LogP contribution in [-0.2, 0) is 6.42 Å². The molecule has 2 aromatic heterocycles. The topological polar surface area (TPSA) is 46.0 Å². The first-order valence-corrected chi connectivity index (χ1v) is 5.63. The van der Waals surface area contributed by atoms with Gasteiger partial charge in [-0.3, -0.25) is 4.98 Å². The van der Waals surface area contributed by atoms with Crippen LogP contribution in [0.25, 0.3) is 0 Å². The van der Waals surface area contributed by atoms with Crippen molar-refractivity contribution in [3.05, 3.63) is 46.2 Å². The van der Waals surface area contributed by atoms with Crippen LogP contribution in [-0.4, -0.2) is 15.1 Å². The lowest BCUT2D eigenvalue weighted by Crippen LogP contribution is -2.02. The van der Waals surface area contributed by atoms with Crippen LogP contribution in [0.5, 0.6) is 0 Å². The number of nitrogens with zero attached hydrogens (tertiary/aromatic N) is 2. The summed E-state index contributed by atoms with van der Waals surface area (Å²) in [6, 6.07) is 5.71. The zero-order chi connectivity index (χ0) is 10.7. The van der Waals surface area contributed by atoms with Crippen LogP contribution in [0.15, 0.2) is 29.9 Å². The Morgan fingerprint density at radius 3 is 2.87 bits per heavy atom. The summed E-state index contributed by atoms with van der Waals surface area (Å²) >= 11 is 1.49. The van der Waals surface area contributed by atoms with Crippen molar-refractivity contribution in [3.8, 4) is 0 Å². The zero-order valence-corrected chi connectivity index (χ0v) is 9.24. The fourth-order valence-electron chi connectivity index (χ4n) is 1.44. The Labute approximate surface area is 92.5 Å². The number of aryl methyl sites for hydroxylation is 1. The molecule has 15 heavy (non-hydrogen) atoms. The quantitative estimate of drug-likeness (QED) is 0.861. The fraction of sp³-hybridized carbons (Fsp3) is 0.273. The summed E-state index contributed by atoms with van der Waals surface area (Å²) in [5.41, 5.74) is 3.56. The number of aromatic nitrogens is 2. The lowest BCUT2D eigenvalue weighted by molar-refractivity contribution is 0.180. The summed E-state index contributed by atoms with van der Waals surface area (Å²) in [7, 11) is 0. The minimum absolute atomic E-state index is 0.493. The molecule has 0 aliphatic rings. The van der Waals surface area contributed by atoms with Gasteiger partial charge in [0.15, 0.2) is 0 Å². The molecule has 78 valence electrons. The molecule has 3 nitrogen and oxygen atoms in total. The van der Waals surface area contributed by atoms with Crippen molar-refractivity contribution in [2.45, 2.75) is 19.4 Å². The van der Waals surface area contributed by atoms with E-state index in [9.17, 15) is 5.11 Å². The Kier molecular flexibility index (Phi) is 3.08. The highest BCUT2D eigenvalue weighted by Gasteiger charge is 2.13. The SMILES string of the molecule is Cc1ncsc1C(O)Cc1ccccn1. The highest BCUT2D eigenvalue weighted by molar-refractivity contribution is 7.09. The summed E-state index contributed by atoms with van der Waals surface area (Å²) < 4.78 is 0. The van der Waals surface area contributed by atoms with E-state index in [-0.39, 0.29) is 0 Å². The molecule has 2 aromatic rings. The molecule has 0 radical (unpaired) electrons. The van der Waals surface area contributed by atoms with Crippen molar-refractivity contribution in [3.63, 3.8) is 0 Å². The van der Waals surface area contributed by atoms with Gasteiger partial charge in [0.05, 0.1) is 22.2 Å². The maximum Gasteiger partial charge on any atom is 0.0956 e. The maximum atomic E-state index is 9.97. The average Bonchev–Trinajstić information content (AvgIpc) is 2.66. The van der Waals surface area contributed by atoms with E-state index in [2.05, 4.69) is 9.97 Å². The highest BCUT2D eigenvalue weighted by Crippen LogP contribution is 2.23. The maximum absolute atomic E-state index is 9.97. The Bertz CT molecular complexity index is 427. The Morgan fingerprint density at radius 1 is 1.40 bits per heavy atom. The Hall–Kier alpha value is -1.26. The van der Waals surface area contributed by atoms with E-state index in [1.54, 1.807) is 11.7 Å². The fourth-order valence-corrected chi connectivity index (χ4v) is 2.23. The van der Waals surface area contributed by atoms with Gasteiger partial charge in [-0.1, -0.05) is 6.07 Å². The molecule has 0 aliphatic heterocycles. The van der Waals surface area contributed by atoms with Gasteiger partial charge < -0.3 is 5.11 Å². The molecular weight excluding hydrogens is 208 g/mol. The van der Waals surface area contributed by atoms with E-state index in [0.717, 1.165) is 16.3 Å². The van der Waals surface area contributed by atoms with Crippen LogP contribution < -0.4 is 0 Å². The second-order valence-electron chi connectivity index (χ2n) is 3.34. The van der Waals surface area contributed by atoms with Crippen LogP contribution in [0.2, 0.25) is 0 Å². The van der Waals surface area contributed by atoms with Gasteiger partial charge in [-0.25, -0.2) is 4.98 Å². The molecular formula is C11H12N2OS. The third-order valence-electron chi connectivity index (χ3n) is 2.21. The number of hydrogen-bond acceptors (Lipinski definition) is 4. The molecule has 0 fully saturated rings. The predicted molar refractivity (Wildman–Crippen MR) is 59.8 cm³/mol. The number of rotatable bonds is 3. The highest BCUT2D eigenvalue weighted by atomic mass is 32.1. The average molecular weight is 220 g/mol. The lowest BCUT2D eigenvalue weighted by atomic mass is 10.1. The van der Waals surface area contributed by atoms with Gasteiger partial charge in [-0.05, 0) is 19.1 Å². The molecule has 0 saturated carbocycles. The van der Waals surface area contributed by atoms with E-state index >= 15 is 0 Å². The van der Waals surface area contributed by atoms with Gasteiger partial charge in [-0.2, -0.15) is 0 Å². The number of aliphatic hydroxyl groups excluding tert-OH is 1. The standard InChI is InChI=1S/C11H12N2OS/c1-8-11(15-7-13-8)10(14)6-9-4-2-3-5-12-9/h2-5,7,10,14H,6H2,1H3. The van der Waals surface area contributed by atoms with Crippen molar-refractivity contribution in [1.82, 2.24) is 9.97 Å². The lowest BCUT2D eigenvalue weighted by Gasteiger charge is -2.08. The van der Waals surface area contributed by atoms with E-state index < -0.39 is 6.10 Å². The van der Waals surface area contributed by atoms with Crippen LogP contribution in [0, 0.1) is 6.92 Å². The summed E-state index contributed by atoms with van der Waals surface area (Å²) in [5, 5.41) is 9.97. The van der Waals surface area contributed by atoms with Gasteiger partial charge in [-0.15, -0.1) is 11.3 Å². The van der Waals surface area contributed by atoms with Crippen molar-refractivity contribution >= 4 is 11.3 Å². The van der Waals surface area contributed by atoms with Gasteiger partial charge in [0.1, 0.15) is 0 Å². The zero-order valence-electron chi connectivity index (χ0n) is 8.42. The molecule has 4 heteroatoms. The van der Waals surface area contributed by atoms with E-state index in [1.807, 2.05) is 25.1 Å². The molecule has 1 atom stereocenters. The monoisotopic (exact) mass is 220 g/mol. The predicted octanol–water partition coefficient (Wildman–Crippen LogP) is 2.12. The molecule has 0 amide bonds. The molecule has 0 spiro atoms. The summed E-state index contributed by atoms with van der Waals surface area (Å²) in [6.45, 7) is 1.91. The van der Waals surface area contributed by atoms with Crippen molar-refractivity contribution in [2.75, 3.05) is 0 Å². The van der Waals surface area contributed by atoms with E-state index in [1.165, 1.54) is 11.3 Å². The first kappa shape index (κ1) is 10.3. The van der Waals surface area contributed by atoms with Crippen LogP contribution in [0.4, 0.5) is 0 Å². The van der Waals surface area contributed by atoms with Crippen molar-refractivity contribution in [1.29, 1.82) is 0 Å². The molecule has 1 unspecified atom stereocenters. The largest absolute Gasteiger partial charge is 0.387 e. The minimum Gasteiger partial charge on any atom is -0.387 e. The van der Waals surface area contributed by atoms with E-state index in [4.69, 9.17) is 0 Å². The van der Waals surface area contributed by atoms with Crippen LogP contribution in [0.3, 0.4) is 0 Å². The number of thiazole rings is 1. The third kappa shape index (κ3) is 2.40. The van der Waals surface area contributed by atoms with Crippen LogP contribution in [0.1, 0.15) is 22.4 Å². The molecule has 0 saturated heterocycles. The second-order valence-corrected chi connectivity index (χ2v) is 4.23.